The van der Waals surface area contributed by atoms with E-state index in [1.165, 1.54) is 11.6 Å². The third kappa shape index (κ3) is 5.31. The zero-order valence-corrected chi connectivity index (χ0v) is 19.0. The van der Waals surface area contributed by atoms with E-state index in [2.05, 4.69) is 12.1 Å². The fraction of sp³-hybridized carbons (Fsp3) is 0.458. The summed E-state index contributed by atoms with van der Waals surface area (Å²) in [6.45, 7) is 1.43. The summed E-state index contributed by atoms with van der Waals surface area (Å²) in [6.07, 6.45) is -1.84. The van der Waals surface area contributed by atoms with Crippen LogP contribution in [0.15, 0.2) is 59.5 Å². The maximum absolute atomic E-state index is 13.1. The predicted molar refractivity (Wildman–Crippen MR) is 118 cm³/mol. The lowest BCUT2D eigenvalue weighted by atomic mass is 9.88. The lowest BCUT2D eigenvalue weighted by Gasteiger charge is -2.38. The predicted octanol–water partition coefficient (Wildman–Crippen LogP) is 4.73. The van der Waals surface area contributed by atoms with Gasteiger partial charge >= 0.3 is 6.18 Å². The first kappa shape index (κ1) is 23.9. The summed E-state index contributed by atoms with van der Waals surface area (Å²) in [4.78, 5) is 14.6. The number of benzene rings is 2. The van der Waals surface area contributed by atoms with Crippen LogP contribution in [0.25, 0.3) is 0 Å². The van der Waals surface area contributed by atoms with Crippen molar-refractivity contribution in [2.24, 2.45) is 5.92 Å². The molecule has 0 spiro atoms. The van der Waals surface area contributed by atoms with Crippen LogP contribution in [0, 0.1) is 5.92 Å². The minimum atomic E-state index is -4.63. The van der Waals surface area contributed by atoms with Crippen LogP contribution in [-0.2, 0) is 25.6 Å². The standard InChI is InChI=1S/C24H27F3N2O3S/c25-24(26,27)21-9-4-10-22(16-21)33(31,32)29-13-5-8-20(17-29)23(30)28-14-11-19(12-15-28)18-6-2-1-3-7-18/h1-4,6-7,9-10,16,19-20H,5,8,11-15,17H2. The summed E-state index contributed by atoms with van der Waals surface area (Å²) in [6, 6.07) is 14.0. The van der Waals surface area contributed by atoms with Crippen molar-refractivity contribution in [3.8, 4) is 0 Å². The Balaban J connectivity index is 1.41. The molecule has 2 aromatic rings. The SMILES string of the molecule is O=C(C1CCCN([S+](=O)([O-])c2cccc(C(F)(F)F)c2)C1)N1CCC(c2ccccc2)CC1. The second kappa shape index (κ2) is 9.56. The van der Waals surface area contributed by atoms with Crippen LogP contribution in [0.2, 0.25) is 0 Å². The van der Waals surface area contributed by atoms with Gasteiger partial charge < -0.3 is 9.45 Å². The maximum atomic E-state index is 13.1. The summed E-state index contributed by atoms with van der Waals surface area (Å²) in [7, 11) is -4.12. The number of rotatable bonds is 4. The number of carbonyl (C=O) groups is 1. The zero-order chi connectivity index (χ0) is 23.6. The molecule has 2 heterocycles. The third-order valence-corrected chi connectivity index (χ3v) is 8.47. The molecule has 0 aromatic heterocycles. The molecule has 1 amide bonds. The molecule has 2 atom stereocenters. The number of hydrogen-bond donors (Lipinski definition) is 0. The highest BCUT2D eigenvalue weighted by Gasteiger charge is 2.40. The second-order valence-electron chi connectivity index (χ2n) is 8.74. The number of hydrogen-bond acceptors (Lipinski definition) is 3. The van der Waals surface area contributed by atoms with Gasteiger partial charge in [-0.2, -0.15) is 13.2 Å². The van der Waals surface area contributed by atoms with Crippen LogP contribution in [0.4, 0.5) is 13.2 Å². The van der Waals surface area contributed by atoms with Crippen LogP contribution in [0.3, 0.4) is 0 Å². The molecule has 5 nitrogen and oxygen atoms in total. The van der Waals surface area contributed by atoms with Gasteiger partial charge in [0.1, 0.15) is 0 Å². The molecule has 0 aliphatic carbocycles. The first-order valence-corrected chi connectivity index (χ1v) is 12.6. The van der Waals surface area contributed by atoms with Crippen molar-refractivity contribution in [1.29, 1.82) is 0 Å². The van der Waals surface area contributed by atoms with E-state index in [9.17, 15) is 26.7 Å². The molecule has 0 radical (unpaired) electrons. The summed E-state index contributed by atoms with van der Waals surface area (Å²) < 4.78 is 66.4. The van der Waals surface area contributed by atoms with Crippen LogP contribution in [0.5, 0.6) is 0 Å². The Morgan fingerprint density at radius 2 is 1.67 bits per heavy atom. The molecule has 2 aliphatic rings. The van der Waals surface area contributed by atoms with Gasteiger partial charge in [-0.25, -0.2) is 0 Å². The van der Waals surface area contributed by atoms with Crippen molar-refractivity contribution in [1.82, 2.24) is 9.21 Å². The quantitative estimate of drug-likeness (QED) is 0.595. The monoisotopic (exact) mass is 480 g/mol. The number of halogens is 3. The first-order valence-electron chi connectivity index (χ1n) is 11.2. The molecule has 0 bridgehead atoms. The molecule has 0 saturated carbocycles. The summed E-state index contributed by atoms with van der Waals surface area (Å²) in [5.74, 6) is -0.141. The van der Waals surface area contributed by atoms with Crippen molar-refractivity contribution < 1.29 is 26.7 Å². The summed E-state index contributed by atoms with van der Waals surface area (Å²) in [5, 5.41) is 0. The van der Waals surface area contributed by atoms with E-state index in [0.717, 1.165) is 29.3 Å². The van der Waals surface area contributed by atoms with Crippen LogP contribution < -0.4 is 0 Å². The van der Waals surface area contributed by atoms with E-state index >= 15 is 0 Å². The van der Waals surface area contributed by atoms with Gasteiger partial charge in [-0.05, 0) is 49.3 Å². The average Bonchev–Trinajstić information content (AvgIpc) is 2.84. The molecule has 0 N–H and O–H groups in total. The Labute approximate surface area is 193 Å². The van der Waals surface area contributed by atoms with E-state index in [1.54, 1.807) is 0 Å². The van der Waals surface area contributed by atoms with Gasteiger partial charge in [-0.15, -0.1) is 4.31 Å². The molecule has 2 aromatic carbocycles. The normalized spacial score (nSPS) is 22.7. The molecular weight excluding hydrogens is 453 g/mol. The Morgan fingerprint density at radius 3 is 2.33 bits per heavy atom. The number of amides is 1. The molecule has 2 unspecified atom stereocenters. The molecule has 178 valence electrons. The van der Waals surface area contributed by atoms with E-state index in [-0.39, 0.29) is 19.0 Å². The van der Waals surface area contributed by atoms with Gasteiger partial charge in [0, 0.05) is 25.7 Å². The average molecular weight is 481 g/mol. The lowest BCUT2D eigenvalue weighted by Crippen LogP contribution is -2.49. The number of sulfonamides is 1. The third-order valence-electron chi connectivity index (χ3n) is 6.61. The van der Waals surface area contributed by atoms with Crippen molar-refractivity contribution in [3.63, 3.8) is 0 Å². The fourth-order valence-corrected chi connectivity index (χ4v) is 6.33. The number of nitrogens with zero attached hydrogens (tertiary/aromatic N) is 2. The number of alkyl halides is 3. The minimum Gasteiger partial charge on any atom is -0.593 e. The lowest BCUT2D eigenvalue weighted by molar-refractivity contribution is -0.138. The van der Waals surface area contributed by atoms with Crippen molar-refractivity contribution in [3.05, 3.63) is 65.7 Å². The first-order chi connectivity index (χ1) is 15.7. The van der Waals surface area contributed by atoms with Gasteiger partial charge in [0.05, 0.1) is 18.0 Å². The Kier molecular flexibility index (Phi) is 6.93. The highest BCUT2D eigenvalue weighted by atomic mass is 32.3. The van der Waals surface area contributed by atoms with Crippen LogP contribution in [-0.4, -0.2) is 45.8 Å². The highest BCUT2D eigenvalue weighted by Crippen LogP contribution is 2.34. The summed E-state index contributed by atoms with van der Waals surface area (Å²) in [5.41, 5.74) is 0.259. The van der Waals surface area contributed by atoms with Gasteiger partial charge in [0.15, 0.2) is 15.3 Å². The van der Waals surface area contributed by atoms with Crippen LogP contribution >= 0.6 is 0 Å². The van der Waals surface area contributed by atoms with Crippen molar-refractivity contribution in [2.45, 2.75) is 42.7 Å². The molecule has 2 fully saturated rings. The Morgan fingerprint density at radius 1 is 0.970 bits per heavy atom. The summed E-state index contributed by atoms with van der Waals surface area (Å²) >= 11 is 0. The fourth-order valence-electron chi connectivity index (χ4n) is 4.76. The van der Waals surface area contributed by atoms with Gasteiger partial charge in [-0.1, -0.05) is 40.6 Å². The molecule has 33 heavy (non-hydrogen) atoms. The van der Waals surface area contributed by atoms with Crippen molar-refractivity contribution >= 4 is 16.3 Å². The largest absolute Gasteiger partial charge is 0.593 e. The number of piperidine rings is 2. The topological polar surface area (TPSA) is 63.7 Å². The van der Waals surface area contributed by atoms with Gasteiger partial charge in [-0.3, -0.25) is 4.79 Å². The maximum Gasteiger partial charge on any atom is 0.416 e. The molecule has 9 heteroatoms. The molecule has 2 saturated heterocycles. The molecular formula is C24H27F3N2O3S. The van der Waals surface area contributed by atoms with Gasteiger partial charge in [0.2, 0.25) is 5.91 Å². The number of carbonyl (C=O) groups excluding carboxylic acids is 1. The Bertz CT molecular complexity index is 1020. The second-order valence-corrected chi connectivity index (χ2v) is 10.7. The van der Waals surface area contributed by atoms with E-state index in [0.29, 0.717) is 37.9 Å². The highest BCUT2D eigenvalue weighted by molar-refractivity contribution is 7.95. The molecule has 4 rings (SSSR count). The minimum absolute atomic E-state index is 0.00394. The van der Waals surface area contributed by atoms with Crippen molar-refractivity contribution in [2.75, 3.05) is 26.2 Å². The van der Waals surface area contributed by atoms with Crippen LogP contribution in [0.1, 0.15) is 42.7 Å². The van der Waals surface area contributed by atoms with E-state index in [4.69, 9.17) is 0 Å². The van der Waals surface area contributed by atoms with E-state index in [1.807, 2.05) is 23.1 Å². The van der Waals surface area contributed by atoms with Gasteiger partial charge in [0.25, 0.3) is 0 Å². The van der Waals surface area contributed by atoms with E-state index < -0.39 is 33.0 Å². The number of likely N-dealkylation sites (tertiary alicyclic amines) is 1. The Hall–Kier alpha value is -2.23. The molecule has 2 aliphatic heterocycles. The zero-order valence-electron chi connectivity index (χ0n) is 18.2. The smallest absolute Gasteiger partial charge is 0.416 e.